The fraction of sp³-hybridized carbons (Fsp3) is 0.619. The van der Waals surface area contributed by atoms with Gasteiger partial charge >= 0.3 is 0 Å². The zero-order chi connectivity index (χ0) is 21.8. The molecule has 0 saturated carbocycles. The summed E-state index contributed by atoms with van der Waals surface area (Å²) in [5.74, 6) is 0.0131. The molecule has 3 heterocycles. The molecule has 0 aliphatic carbocycles. The van der Waals surface area contributed by atoms with E-state index in [9.17, 15) is 13.2 Å². The molecule has 2 N–H and O–H groups in total. The molecule has 3 saturated heterocycles. The average molecular weight is 439 g/mol. The highest BCUT2D eigenvalue weighted by Gasteiger charge is 2.62. The van der Waals surface area contributed by atoms with Gasteiger partial charge in [-0.3, -0.25) is 9.59 Å². The number of ether oxygens (including phenoxy) is 1. The fourth-order valence-electron chi connectivity index (χ4n) is 5.27. The molecule has 2 bridgehead atoms. The lowest BCUT2D eigenvalue weighted by molar-refractivity contribution is -0.134. The van der Waals surface area contributed by atoms with Gasteiger partial charge in [0, 0.05) is 31.3 Å². The molecule has 0 radical (unpaired) electrons. The lowest BCUT2D eigenvalue weighted by Crippen LogP contribution is -2.54. The number of carbonyl (C=O) groups is 2. The van der Waals surface area contributed by atoms with Crippen molar-refractivity contribution in [2.24, 2.45) is 5.41 Å². The van der Waals surface area contributed by atoms with Crippen LogP contribution in [0, 0.1) is 5.41 Å². The van der Waals surface area contributed by atoms with Crippen molar-refractivity contribution in [2.45, 2.75) is 56.7 Å². The minimum absolute atomic E-state index is 0.0131. The van der Waals surface area contributed by atoms with Gasteiger partial charge in [-0.1, -0.05) is 30.3 Å². The van der Waals surface area contributed by atoms with Crippen molar-refractivity contribution in [3.63, 3.8) is 0 Å². The zero-order valence-electron chi connectivity index (χ0n) is 17.2. The Labute approximate surface area is 177 Å². The predicted molar refractivity (Wildman–Crippen MR) is 111 cm³/mol. The normalized spacial score (nSPS) is 29.1. The molecule has 9 heteroatoms. The van der Waals surface area contributed by atoms with Gasteiger partial charge in [0.15, 0.2) is 0 Å². The molecule has 166 valence electrons. The summed E-state index contributed by atoms with van der Waals surface area (Å²) in [5.41, 5.74) is 0.395. The second-order valence-electron chi connectivity index (χ2n) is 8.33. The highest BCUT2D eigenvalue weighted by atomic mass is 32.2. The number of amides is 1. The number of sulfonamides is 1. The van der Waals surface area contributed by atoms with E-state index in [2.05, 4.69) is 5.32 Å². The number of hydrogen-bond donors (Lipinski definition) is 2. The third kappa shape index (κ3) is 4.68. The Kier molecular flexibility index (Phi) is 7.15. The highest BCUT2D eigenvalue weighted by molar-refractivity contribution is 7.88. The van der Waals surface area contributed by atoms with Crippen LogP contribution in [0.15, 0.2) is 30.3 Å². The Morgan fingerprint density at radius 2 is 1.87 bits per heavy atom. The van der Waals surface area contributed by atoms with Gasteiger partial charge in [-0.05, 0) is 44.1 Å². The Bertz CT molecular complexity index is 840. The molecule has 3 aliphatic rings. The van der Waals surface area contributed by atoms with Crippen LogP contribution in [-0.4, -0.2) is 67.8 Å². The number of carboxylic acid groups (broad SMARTS) is 1. The summed E-state index contributed by atoms with van der Waals surface area (Å²) in [5, 5.41) is 10.1. The first-order valence-electron chi connectivity index (χ1n) is 10.3. The van der Waals surface area contributed by atoms with E-state index in [1.165, 1.54) is 6.26 Å². The summed E-state index contributed by atoms with van der Waals surface area (Å²) in [6.07, 6.45) is 5.69. The summed E-state index contributed by atoms with van der Waals surface area (Å²) in [4.78, 5) is 21.9. The number of rotatable bonds is 5. The van der Waals surface area contributed by atoms with Crippen LogP contribution in [0.3, 0.4) is 0 Å². The van der Waals surface area contributed by atoms with Crippen molar-refractivity contribution < 1.29 is 27.9 Å². The molecule has 3 aliphatic heterocycles. The Morgan fingerprint density at radius 1 is 1.23 bits per heavy atom. The van der Waals surface area contributed by atoms with Crippen molar-refractivity contribution in [1.29, 1.82) is 0 Å². The SMILES string of the molecule is CS(=O)(=O)N1[C@@H]2CC[C@H]1[C@@](Cc1ccccc1)(C(=O)NC1CCOCC1)C2.O=CO. The molecular formula is C21H30N2O6S. The molecule has 1 aromatic rings. The molecule has 3 fully saturated rings. The summed E-state index contributed by atoms with van der Waals surface area (Å²) in [6.45, 7) is 1.08. The van der Waals surface area contributed by atoms with Crippen molar-refractivity contribution in [2.75, 3.05) is 19.5 Å². The van der Waals surface area contributed by atoms with Gasteiger partial charge in [0.2, 0.25) is 15.9 Å². The van der Waals surface area contributed by atoms with E-state index >= 15 is 0 Å². The lowest BCUT2D eigenvalue weighted by Gasteiger charge is -2.38. The van der Waals surface area contributed by atoms with Gasteiger partial charge in [-0.15, -0.1) is 0 Å². The second kappa shape index (κ2) is 9.45. The van der Waals surface area contributed by atoms with Gasteiger partial charge in [0.25, 0.3) is 6.47 Å². The standard InChI is InChI=1S/C20H28N2O4S.CH2O2/c1-27(24,25)22-17-7-8-18(22)20(14-17,13-15-5-3-2-4-6-15)19(23)21-16-9-11-26-12-10-16;2-1-3/h2-6,16-18H,7-14H2,1H3,(H,21,23);1H,(H,2,3)/t17-,18+,20+;/m1./s1. The monoisotopic (exact) mass is 438 g/mol. The molecule has 8 nitrogen and oxygen atoms in total. The van der Waals surface area contributed by atoms with Gasteiger partial charge in [-0.25, -0.2) is 8.42 Å². The minimum Gasteiger partial charge on any atom is -0.483 e. The largest absolute Gasteiger partial charge is 0.483 e. The van der Waals surface area contributed by atoms with E-state index in [-0.39, 0.29) is 30.5 Å². The number of nitrogens with one attached hydrogen (secondary N) is 1. The predicted octanol–water partition coefficient (Wildman–Crippen LogP) is 1.41. The molecule has 1 aromatic carbocycles. The fourth-order valence-corrected chi connectivity index (χ4v) is 6.77. The van der Waals surface area contributed by atoms with E-state index in [0.29, 0.717) is 26.1 Å². The summed E-state index contributed by atoms with van der Waals surface area (Å²) >= 11 is 0. The van der Waals surface area contributed by atoms with Crippen LogP contribution in [0.1, 0.15) is 37.7 Å². The molecule has 3 atom stereocenters. The number of carbonyl (C=O) groups excluding carboxylic acids is 1. The van der Waals surface area contributed by atoms with Crippen LogP contribution in [-0.2, 0) is 30.8 Å². The molecule has 4 rings (SSSR count). The Morgan fingerprint density at radius 3 is 2.43 bits per heavy atom. The third-order valence-electron chi connectivity index (χ3n) is 6.43. The first-order chi connectivity index (χ1) is 14.3. The van der Waals surface area contributed by atoms with Gasteiger partial charge in [0.05, 0.1) is 11.7 Å². The molecule has 1 amide bonds. The maximum Gasteiger partial charge on any atom is 0.290 e. The van der Waals surface area contributed by atoms with Gasteiger partial charge < -0.3 is 15.2 Å². The molecule has 30 heavy (non-hydrogen) atoms. The number of nitrogens with zero attached hydrogens (tertiary/aromatic N) is 1. The van der Waals surface area contributed by atoms with E-state index in [1.54, 1.807) is 4.31 Å². The van der Waals surface area contributed by atoms with Gasteiger partial charge in [0.1, 0.15) is 0 Å². The Hall–Kier alpha value is -1.97. The van der Waals surface area contributed by atoms with Crippen molar-refractivity contribution >= 4 is 22.4 Å². The molecular weight excluding hydrogens is 408 g/mol. The Balaban J connectivity index is 0.000000806. The summed E-state index contributed by atoms with van der Waals surface area (Å²) in [6, 6.07) is 9.76. The quantitative estimate of drug-likeness (QED) is 0.672. The van der Waals surface area contributed by atoms with Crippen molar-refractivity contribution in [3.8, 4) is 0 Å². The number of benzene rings is 1. The van der Waals surface area contributed by atoms with E-state index in [1.807, 2.05) is 30.3 Å². The van der Waals surface area contributed by atoms with Crippen LogP contribution in [0.25, 0.3) is 0 Å². The van der Waals surface area contributed by atoms with Crippen LogP contribution in [0.2, 0.25) is 0 Å². The topological polar surface area (TPSA) is 113 Å². The van der Waals surface area contributed by atoms with Crippen LogP contribution >= 0.6 is 0 Å². The van der Waals surface area contributed by atoms with Crippen molar-refractivity contribution in [1.82, 2.24) is 9.62 Å². The summed E-state index contributed by atoms with van der Waals surface area (Å²) in [7, 11) is -3.34. The summed E-state index contributed by atoms with van der Waals surface area (Å²) < 4.78 is 31.9. The number of hydrogen-bond acceptors (Lipinski definition) is 5. The van der Waals surface area contributed by atoms with Crippen LogP contribution in [0.4, 0.5) is 0 Å². The highest BCUT2D eigenvalue weighted by Crippen LogP contribution is 2.52. The maximum absolute atomic E-state index is 13.5. The van der Waals surface area contributed by atoms with Crippen LogP contribution in [0.5, 0.6) is 0 Å². The van der Waals surface area contributed by atoms with E-state index in [0.717, 1.165) is 31.2 Å². The maximum atomic E-state index is 13.5. The lowest BCUT2D eigenvalue weighted by atomic mass is 9.69. The minimum atomic E-state index is -3.34. The molecule has 0 spiro atoms. The first-order valence-corrected chi connectivity index (χ1v) is 12.2. The van der Waals surface area contributed by atoms with Crippen LogP contribution < -0.4 is 5.32 Å². The first kappa shape index (κ1) is 22.7. The van der Waals surface area contributed by atoms with Crippen molar-refractivity contribution in [3.05, 3.63) is 35.9 Å². The smallest absolute Gasteiger partial charge is 0.290 e. The van der Waals surface area contributed by atoms with E-state index in [4.69, 9.17) is 14.6 Å². The number of fused-ring (bicyclic) bond motifs is 2. The second-order valence-corrected chi connectivity index (χ2v) is 10.2. The molecule has 0 unspecified atom stereocenters. The van der Waals surface area contributed by atoms with E-state index < -0.39 is 15.4 Å². The third-order valence-corrected chi connectivity index (χ3v) is 7.75. The zero-order valence-corrected chi connectivity index (χ0v) is 18.0. The van der Waals surface area contributed by atoms with Gasteiger partial charge in [-0.2, -0.15) is 4.31 Å². The molecule has 0 aromatic heterocycles. The average Bonchev–Trinajstić information content (AvgIpc) is 3.27.